The number of terminal acetylenes is 1. The van der Waals surface area contributed by atoms with E-state index in [0.29, 0.717) is 35.1 Å². The fraction of sp³-hybridized carbons (Fsp3) is 0.333. The summed E-state index contributed by atoms with van der Waals surface area (Å²) in [6.45, 7) is 5.14. The molecule has 2 atom stereocenters. The number of piperidine rings is 1. The molecule has 33 heavy (non-hydrogen) atoms. The Labute approximate surface area is 196 Å². The van der Waals surface area contributed by atoms with Gasteiger partial charge >= 0.3 is 0 Å². The van der Waals surface area contributed by atoms with Crippen molar-refractivity contribution in [2.75, 3.05) is 13.1 Å². The number of halogens is 1. The van der Waals surface area contributed by atoms with Crippen molar-refractivity contribution in [3.8, 4) is 12.3 Å². The van der Waals surface area contributed by atoms with E-state index in [0.717, 1.165) is 17.8 Å². The Morgan fingerprint density at radius 1 is 1.18 bits per heavy atom. The van der Waals surface area contributed by atoms with Crippen LogP contribution in [-0.4, -0.2) is 36.3 Å². The summed E-state index contributed by atoms with van der Waals surface area (Å²) in [6.07, 6.45) is 6.43. The van der Waals surface area contributed by atoms with Gasteiger partial charge in [-0.2, -0.15) is 9.30 Å². The van der Waals surface area contributed by atoms with Crippen LogP contribution >= 0.6 is 11.3 Å². The second-order valence-corrected chi connectivity index (χ2v) is 11.4. The van der Waals surface area contributed by atoms with E-state index in [9.17, 15) is 17.6 Å². The molecule has 9 heteroatoms. The summed E-state index contributed by atoms with van der Waals surface area (Å²) in [7, 11) is -3.64. The van der Waals surface area contributed by atoms with Crippen LogP contribution in [0.3, 0.4) is 0 Å². The maximum atomic E-state index is 14.3. The van der Waals surface area contributed by atoms with Crippen LogP contribution in [0.4, 0.5) is 4.39 Å². The second kappa shape index (κ2) is 9.21. The van der Waals surface area contributed by atoms with Crippen LogP contribution in [0.2, 0.25) is 0 Å². The van der Waals surface area contributed by atoms with Crippen LogP contribution in [0.25, 0.3) is 10.2 Å². The normalized spacial score (nSPS) is 20.1. The maximum absolute atomic E-state index is 14.3. The third-order valence-electron chi connectivity index (χ3n) is 5.67. The molecule has 6 nitrogen and oxygen atoms in total. The van der Waals surface area contributed by atoms with Crippen molar-refractivity contribution >= 4 is 37.5 Å². The smallest absolute Gasteiger partial charge is 0.279 e. The monoisotopic (exact) mass is 485 g/mol. The summed E-state index contributed by atoms with van der Waals surface area (Å²) >= 11 is 1.16. The number of fused-ring (bicyclic) bond motifs is 1. The maximum Gasteiger partial charge on any atom is 0.279 e. The van der Waals surface area contributed by atoms with Gasteiger partial charge in [-0.3, -0.25) is 4.79 Å². The number of amides is 1. The third-order valence-corrected chi connectivity index (χ3v) is 8.56. The SMILES string of the molecule is C#CCn1c(=NC(=O)c2ccc(S(=O)(=O)N3CC(C)CC(C)C3)cc2)sc2cccc(F)c21. The average molecular weight is 486 g/mol. The van der Waals surface area contributed by atoms with E-state index in [-0.39, 0.29) is 21.8 Å². The minimum Gasteiger partial charge on any atom is -0.302 e. The molecule has 4 rings (SSSR count). The van der Waals surface area contributed by atoms with Crippen LogP contribution in [0.5, 0.6) is 0 Å². The number of para-hydroxylation sites is 1. The molecule has 1 fully saturated rings. The summed E-state index contributed by atoms with van der Waals surface area (Å²) in [4.78, 5) is 17.4. The molecule has 0 bridgehead atoms. The first-order valence-corrected chi connectivity index (χ1v) is 12.9. The van der Waals surface area contributed by atoms with Gasteiger partial charge in [-0.1, -0.05) is 37.2 Å². The Morgan fingerprint density at radius 2 is 1.85 bits per heavy atom. The molecule has 1 saturated heterocycles. The highest BCUT2D eigenvalue weighted by atomic mass is 32.2. The lowest BCUT2D eigenvalue weighted by Crippen LogP contribution is -2.42. The summed E-state index contributed by atoms with van der Waals surface area (Å²) < 4.78 is 44.1. The Kier molecular flexibility index (Phi) is 6.52. The van der Waals surface area contributed by atoms with Crippen LogP contribution in [-0.2, 0) is 16.6 Å². The second-order valence-electron chi connectivity index (χ2n) is 8.47. The fourth-order valence-electron chi connectivity index (χ4n) is 4.28. The molecule has 2 unspecified atom stereocenters. The molecule has 1 aliphatic rings. The minimum absolute atomic E-state index is 0.0664. The van der Waals surface area contributed by atoms with Gasteiger partial charge < -0.3 is 4.57 Å². The first-order valence-electron chi connectivity index (χ1n) is 10.6. The predicted molar refractivity (Wildman–Crippen MR) is 127 cm³/mol. The quantitative estimate of drug-likeness (QED) is 0.527. The number of sulfonamides is 1. The molecule has 1 aromatic heterocycles. The topological polar surface area (TPSA) is 71.7 Å². The first kappa shape index (κ1) is 23.4. The zero-order valence-corrected chi connectivity index (χ0v) is 20.0. The van der Waals surface area contributed by atoms with Crippen molar-refractivity contribution < 1.29 is 17.6 Å². The van der Waals surface area contributed by atoms with Crippen LogP contribution in [0.15, 0.2) is 52.4 Å². The van der Waals surface area contributed by atoms with Crippen molar-refractivity contribution in [3.63, 3.8) is 0 Å². The predicted octanol–water partition coefficient (Wildman–Crippen LogP) is 3.88. The van der Waals surface area contributed by atoms with Crippen LogP contribution in [0, 0.1) is 30.0 Å². The Bertz CT molecular complexity index is 1410. The van der Waals surface area contributed by atoms with Gasteiger partial charge in [0.25, 0.3) is 5.91 Å². The van der Waals surface area contributed by atoms with E-state index in [1.807, 2.05) is 13.8 Å². The van der Waals surface area contributed by atoms with E-state index < -0.39 is 21.7 Å². The van der Waals surface area contributed by atoms with Crippen LogP contribution in [0.1, 0.15) is 30.6 Å². The van der Waals surface area contributed by atoms with Crippen molar-refractivity contribution in [2.45, 2.75) is 31.7 Å². The minimum atomic E-state index is -3.64. The molecular formula is C24H24FN3O3S2. The molecule has 1 amide bonds. The number of aromatic nitrogens is 1. The molecule has 2 aromatic carbocycles. The Balaban J connectivity index is 1.65. The Morgan fingerprint density at radius 3 is 2.48 bits per heavy atom. The van der Waals surface area contributed by atoms with Gasteiger partial charge in [-0.25, -0.2) is 12.8 Å². The van der Waals surface area contributed by atoms with Gasteiger partial charge in [-0.05, 0) is 54.7 Å². The van der Waals surface area contributed by atoms with Gasteiger partial charge in [0.1, 0.15) is 5.82 Å². The van der Waals surface area contributed by atoms with Gasteiger partial charge in [0, 0.05) is 18.7 Å². The largest absolute Gasteiger partial charge is 0.302 e. The lowest BCUT2D eigenvalue weighted by atomic mass is 9.94. The molecule has 172 valence electrons. The van der Waals surface area contributed by atoms with Crippen LogP contribution < -0.4 is 4.80 Å². The van der Waals surface area contributed by atoms with Gasteiger partial charge in [-0.15, -0.1) is 6.42 Å². The number of carbonyl (C=O) groups is 1. The number of hydrogen-bond donors (Lipinski definition) is 0. The molecule has 0 N–H and O–H groups in total. The number of rotatable bonds is 4. The molecule has 0 radical (unpaired) electrons. The number of carbonyl (C=O) groups excluding carboxylic acids is 1. The van der Waals surface area contributed by atoms with Crippen molar-refractivity contribution in [1.82, 2.24) is 8.87 Å². The van der Waals surface area contributed by atoms with E-state index in [2.05, 4.69) is 10.9 Å². The zero-order chi connectivity index (χ0) is 23.8. The highest BCUT2D eigenvalue weighted by molar-refractivity contribution is 7.89. The molecular weight excluding hydrogens is 461 g/mol. The highest BCUT2D eigenvalue weighted by Gasteiger charge is 2.31. The highest BCUT2D eigenvalue weighted by Crippen LogP contribution is 2.27. The summed E-state index contributed by atoms with van der Waals surface area (Å²) in [5.74, 6) is 2.06. The number of benzene rings is 2. The first-order chi connectivity index (χ1) is 15.7. The number of nitrogens with zero attached hydrogens (tertiary/aromatic N) is 3. The fourth-order valence-corrected chi connectivity index (χ4v) is 7.00. The van der Waals surface area contributed by atoms with Crippen molar-refractivity contribution in [2.24, 2.45) is 16.8 Å². The number of hydrogen-bond acceptors (Lipinski definition) is 4. The summed E-state index contributed by atoms with van der Waals surface area (Å²) in [5.41, 5.74) is 0.540. The van der Waals surface area contributed by atoms with E-state index in [1.54, 1.807) is 12.1 Å². The van der Waals surface area contributed by atoms with Gasteiger partial charge in [0.05, 0.1) is 21.7 Å². The van der Waals surface area contributed by atoms with E-state index in [1.165, 1.54) is 39.2 Å². The molecule has 1 aliphatic heterocycles. The summed E-state index contributed by atoms with van der Waals surface area (Å²) in [6, 6.07) is 10.4. The average Bonchev–Trinajstić information content (AvgIpc) is 3.11. The lowest BCUT2D eigenvalue weighted by Gasteiger charge is -2.34. The van der Waals surface area contributed by atoms with Crippen molar-refractivity contribution in [1.29, 1.82) is 0 Å². The van der Waals surface area contributed by atoms with Crippen molar-refractivity contribution in [3.05, 3.63) is 58.6 Å². The van der Waals surface area contributed by atoms with Gasteiger partial charge in [0.2, 0.25) is 10.0 Å². The summed E-state index contributed by atoms with van der Waals surface area (Å²) in [5, 5.41) is 0. The molecule has 3 aromatic rings. The molecule has 0 saturated carbocycles. The number of thiazole rings is 1. The Hall–Kier alpha value is -2.80. The third kappa shape index (κ3) is 4.64. The molecule has 2 heterocycles. The van der Waals surface area contributed by atoms with E-state index in [4.69, 9.17) is 6.42 Å². The zero-order valence-electron chi connectivity index (χ0n) is 18.4. The van der Waals surface area contributed by atoms with Gasteiger partial charge in [0.15, 0.2) is 4.80 Å². The lowest BCUT2D eigenvalue weighted by molar-refractivity contribution is 0.0997. The van der Waals surface area contributed by atoms with E-state index >= 15 is 0 Å². The standard InChI is InChI=1S/C24H24FN3O3S2/c1-4-12-28-22-20(25)6-5-7-21(22)32-24(28)26-23(29)18-8-10-19(11-9-18)33(30,31)27-14-16(2)13-17(3)15-27/h1,5-11,16-17H,12-15H2,2-3H3. The molecule has 0 aliphatic carbocycles. The molecule has 0 spiro atoms.